The zero-order chi connectivity index (χ0) is 18.0. The van der Waals surface area contributed by atoms with Crippen LogP contribution in [0.1, 0.15) is 52.9 Å². The van der Waals surface area contributed by atoms with Gasteiger partial charge < -0.3 is 9.55 Å². The number of aromatic nitrogens is 3. The fraction of sp³-hybridized carbons (Fsp3) is 0.412. The fourth-order valence-electron chi connectivity index (χ4n) is 2.86. The van der Waals surface area contributed by atoms with Crippen LogP contribution in [0.25, 0.3) is 0 Å². The van der Waals surface area contributed by atoms with Gasteiger partial charge >= 0.3 is 5.69 Å². The summed E-state index contributed by atoms with van der Waals surface area (Å²) < 4.78 is 2.12. The number of nitrogens with zero attached hydrogens (tertiary/aromatic N) is 3. The molecule has 24 heavy (non-hydrogen) atoms. The Kier molecular flexibility index (Phi) is 5.30. The molecule has 2 aromatic rings. The fourth-order valence-corrected chi connectivity index (χ4v) is 3.78. The zero-order valence-electron chi connectivity index (χ0n) is 14.4. The molecule has 0 aliphatic carbocycles. The molecule has 7 heteroatoms. The summed E-state index contributed by atoms with van der Waals surface area (Å²) in [5, 5.41) is 9.50. The number of thioether (sulfide) groups is 1. The lowest BCUT2D eigenvalue weighted by Crippen LogP contribution is -2.15. The maximum atomic E-state index is 12.6. The van der Waals surface area contributed by atoms with E-state index in [9.17, 15) is 14.9 Å². The molecular weight excluding hydrogens is 324 g/mol. The number of aryl methyl sites for hydroxylation is 2. The Morgan fingerprint density at radius 3 is 2.62 bits per heavy atom. The van der Waals surface area contributed by atoms with Crippen LogP contribution in [0.5, 0.6) is 0 Å². The Balaban J connectivity index is 2.26. The largest absolute Gasteiger partial charge is 0.346 e. The summed E-state index contributed by atoms with van der Waals surface area (Å²) in [4.78, 5) is 30.4. The molecule has 0 bridgehead atoms. The lowest BCUT2D eigenvalue weighted by molar-refractivity contribution is 0.102. The molecule has 0 aromatic carbocycles. The standard InChI is InChI=1S/C17H20N4O2S/c1-9(2)21-10(3)6-13(12(21)5)15(22)8-24-16-14(7-18)11(4)19-17(23)20-16/h6,9H,8H2,1-5H3,(H,19,20,23). The van der Waals surface area contributed by atoms with Crippen LogP contribution < -0.4 is 5.69 Å². The molecule has 2 heterocycles. The minimum atomic E-state index is -0.514. The molecule has 1 N–H and O–H groups in total. The van der Waals surface area contributed by atoms with Crippen molar-refractivity contribution in [2.45, 2.75) is 45.7 Å². The molecule has 0 atom stereocenters. The van der Waals surface area contributed by atoms with Gasteiger partial charge in [0.15, 0.2) is 5.78 Å². The molecule has 0 amide bonds. The van der Waals surface area contributed by atoms with Gasteiger partial charge in [0.25, 0.3) is 0 Å². The van der Waals surface area contributed by atoms with Crippen LogP contribution in [0.3, 0.4) is 0 Å². The quantitative estimate of drug-likeness (QED) is 0.511. The lowest BCUT2D eigenvalue weighted by atomic mass is 10.2. The van der Waals surface area contributed by atoms with Crippen LogP contribution in [-0.2, 0) is 0 Å². The van der Waals surface area contributed by atoms with Crippen molar-refractivity contribution in [3.63, 3.8) is 0 Å². The Morgan fingerprint density at radius 1 is 1.42 bits per heavy atom. The second-order valence-corrected chi connectivity index (χ2v) is 6.88. The van der Waals surface area contributed by atoms with Crippen molar-refractivity contribution in [2.75, 3.05) is 5.75 Å². The number of hydrogen-bond acceptors (Lipinski definition) is 5. The molecule has 0 aliphatic heterocycles. The number of carbonyl (C=O) groups excluding carboxylic acids is 1. The zero-order valence-corrected chi connectivity index (χ0v) is 15.2. The molecule has 0 unspecified atom stereocenters. The first-order chi connectivity index (χ1) is 11.3. The monoisotopic (exact) mass is 344 g/mol. The molecule has 0 radical (unpaired) electrons. The highest BCUT2D eigenvalue weighted by atomic mass is 32.2. The number of aromatic amines is 1. The summed E-state index contributed by atoms with van der Waals surface area (Å²) in [6.45, 7) is 9.70. The molecule has 6 nitrogen and oxygen atoms in total. The Morgan fingerprint density at radius 2 is 2.08 bits per heavy atom. The average molecular weight is 344 g/mol. The number of carbonyl (C=O) groups is 1. The summed E-state index contributed by atoms with van der Waals surface area (Å²) in [6.07, 6.45) is 0. The van der Waals surface area contributed by atoms with E-state index < -0.39 is 5.69 Å². The summed E-state index contributed by atoms with van der Waals surface area (Å²) in [7, 11) is 0. The number of ketones is 1. The highest BCUT2D eigenvalue weighted by molar-refractivity contribution is 8.00. The predicted molar refractivity (Wildman–Crippen MR) is 93.7 cm³/mol. The number of nitriles is 1. The van der Waals surface area contributed by atoms with Gasteiger partial charge in [-0.1, -0.05) is 11.8 Å². The van der Waals surface area contributed by atoms with Crippen molar-refractivity contribution in [1.82, 2.24) is 14.5 Å². The number of rotatable bonds is 5. The molecule has 0 saturated carbocycles. The van der Waals surface area contributed by atoms with Crippen molar-refractivity contribution >= 4 is 17.5 Å². The molecule has 0 saturated heterocycles. The van der Waals surface area contributed by atoms with Gasteiger partial charge in [0.2, 0.25) is 0 Å². The Bertz CT molecular complexity index is 887. The van der Waals surface area contributed by atoms with E-state index >= 15 is 0 Å². The topological polar surface area (TPSA) is 91.5 Å². The van der Waals surface area contributed by atoms with Crippen LogP contribution in [0.4, 0.5) is 0 Å². The van der Waals surface area contributed by atoms with Gasteiger partial charge in [0, 0.05) is 28.7 Å². The molecule has 2 aromatic heterocycles. The average Bonchev–Trinajstić information content (AvgIpc) is 2.79. The molecule has 126 valence electrons. The first-order valence-corrected chi connectivity index (χ1v) is 8.60. The minimum Gasteiger partial charge on any atom is -0.346 e. The van der Waals surface area contributed by atoms with E-state index in [1.165, 1.54) is 0 Å². The Hall–Kier alpha value is -2.33. The molecular formula is C17H20N4O2S. The summed E-state index contributed by atoms with van der Waals surface area (Å²) in [5.41, 5.74) is 2.90. The van der Waals surface area contributed by atoms with Crippen LogP contribution in [-0.4, -0.2) is 26.1 Å². The molecule has 2 rings (SSSR count). The van der Waals surface area contributed by atoms with Gasteiger partial charge in [-0.2, -0.15) is 10.2 Å². The number of Topliss-reactive ketones (excluding diaryl/α,β-unsaturated/α-hetero) is 1. The van der Waals surface area contributed by atoms with Gasteiger partial charge in [-0.25, -0.2) is 4.79 Å². The van der Waals surface area contributed by atoms with E-state index in [4.69, 9.17) is 0 Å². The number of nitrogens with one attached hydrogen (secondary N) is 1. The lowest BCUT2D eigenvalue weighted by Gasteiger charge is -2.13. The predicted octanol–water partition coefficient (Wildman–Crippen LogP) is 2.92. The normalized spacial score (nSPS) is 10.9. The van der Waals surface area contributed by atoms with Crippen LogP contribution in [0.2, 0.25) is 0 Å². The van der Waals surface area contributed by atoms with E-state index in [1.807, 2.05) is 26.0 Å². The Labute approximate surface area is 144 Å². The maximum Gasteiger partial charge on any atom is 0.346 e. The summed E-state index contributed by atoms with van der Waals surface area (Å²) in [5.74, 6) is 0.0936. The van der Waals surface area contributed by atoms with Crippen molar-refractivity contribution in [1.29, 1.82) is 5.26 Å². The third kappa shape index (κ3) is 3.44. The van der Waals surface area contributed by atoms with Crippen molar-refractivity contribution in [3.05, 3.63) is 44.8 Å². The molecule has 0 spiro atoms. The number of hydrogen-bond donors (Lipinski definition) is 1. The highest BCUT2D eigenvalue weighted by Crippen LogP contribution is 2.24. The number of H-pyrrole nitrogens is 1. The second kappa shape index (κ2) is 7.05. The van der Waals surface area contributed by atoms with Gasteiger partial charge in [-0.05, 0) is 40.7 Å². The van der Waals surface area contributed by atoms with Crippen LogP contribution in [0.15, 0.2) is 15.9 Å². The smallest absolute Gasteiger partial charge is 0.346 e. The van der Waals surface area contributed by atoms with Gasteiger partial charge in [-0.15, -0.1) is 0 Å². The SMILES string of the molecule is Cc1[nH]c(=O)nc(SCC(=O)c2cc(C)n(C(C)C)c2C)c1C#N. The van der Waals surface area contributed by atoms with Crippen LogP contribution >= 0.6 is 11.8 Å². The van der Waals surface area contributed by atoms with Crippen molar-refractivity contribution in [2.24, 2.45) is 0 Å². The van der Waals surface area contributed by atoms with E-state index in [-0.39, 0.29) is 17.6 Å². The van der Waals surface area contributed by atoms with Gasteiger partial charge in [0.05, 0.1) is 5.75 Å². The first kappa shape index (κ1) is 18.0. The highest BCUT2D eigenvalue weighted by Gasteiger charge is 2.18. The van der Waals surface area contributed by atoms with Crippen molar-refractivity contribution < 1.29 is 4.79 Å². The van der Waals surface area contributed by atoms with E-state index in [1.54, 1.807) is 6.92 Å². The molecule has 0 aliphatic rings. The van der Waals surface area contributed by atoms with Gasteiger partial charge in [-0.3, -0.25) is 4.79 Å². The molecule has 0 fully saturated rings. The first-order valence-electron chi connectivity index (χ1n) is 7.61. The summed E-state index contributed by atoms with van der Waals surface area (Å²) >= 11 is 1.12. The summed E-state index contributed by atoms with van der Waals surface area (Å²) in [6, 6.07) is 4.19. The van der Waals surface area contributed by atoms with E-state index in [0.29, 0.717) is 21.8 Å². The van der Waals surface area contributed by atoms with Crippen LogP contribution in [0, 0.1) is 32.1 Å². The van der Waals surface area contributed by atoms with Crippen molar-refractivity contribution in [3.8, 4) is 6.07 Å². The third-order valence-corrected chi connectivity index (χ3v) is 4.81. The second-order valence-electron chi connectivity index (χ2n) is 5.92. The van der Waals surface area contributed by atoms with Gasteiger partial charge in [0.1, 0.15) is 16.7 Å². The maximum absolute atomic E-state index is 12.6. The van der Waals surface area contributed by atoms with E-state index in [2.05, 4.69) is 28.4 Å². The minimum absolute atomic E-state index is 0.0383. The van der Waals surface area contributed by atoms with E-state index in [0.717, 1.165) is 23.1 Å². The third-order valence-electron chi connectivity index (χ3n) is 3.84.